The van der Waals surface area contributed by atoms with Crippen LogP contribution in [0.15, 0.2) is 27.7 Å². The quantitative estimate of drug-likeness (QED) is 0.621. The molecule has 0 bridgehead atoms. The fourth-order valence-electron chi connectivity index (χ4n) is 0.761. The van der Waals surface area contributed by atoms with Gasteiger partial charge in [-0.05, 0) is 25.1 Å². The highest BCUT2D eigenvalue weighted by Gasteiger charge is 1.98. The summed E-state index contributed by atoms with van der Waals surface area (Å²) in [6, 6.07) is 5.44. The van der Waals surface area contributed by atoms with Crippen LogP contribution in [0.25, 0.3) is 0 Å². The van der Waals surface area contributed by atoms with Crippen molar-refractivity contribution in [3.05, 3.63) is 27.7 Å². The average Bonchev–Trinajstić information content (AvgIpc) is 1.96. The molecule has 5 heteroatoms. The molecule has 0 unspecified atom stereocenters. The summed E-state index contributed by atoms with van der Waals surface area (Å²) in [5, 5.41) is 0.600. The molecule has 2 nitrogen and oxygen atoms in total. The largest absolute Gasteiger partial charge is 0.387 e. The number of hydrogen-bond donors (Lipinski definition) is 1. The molecular formula is C8H9BrCl2N2. The summed E-state index contributed by atoms with van der Waals surface area (Å²) in [6.45, 7) is 1.72. The standard InChI is InChI=1S/C8H8BrClN2.ClH/c1-5(11)12-8-4-6(9)2-3-7(8)10;/h2-4H,1H3,(H2,11,12);1H. The van der Waals surface area contributed by atoms with Gasteiger partial charge >= 0.3 is 0 Å². The predicted octanol–water partition coefficient (Wildman–Crippen LogP) is 3.53. The topological polar surface area (TPSA) is 38.4 Å². The van der Waals surface area contributed by atoms with E-state index in [1.54, 1.807) is 13.0 Å². The first kappa shape index (κ1) is 12.8. The molecule has 0 fully saturated rings. The lowest BCUT2D eigenvalue weighted by molar-refractivity contribution is 1.44. The third-order valence-corrected chi connectivity index (χ3v) is 2.02. The Morgan fingerprint density at radius 2 is 2.15 bits per heavy atom. The van der Waals surface area contributed by atoms with E-state index in [0.717, 1.165) is 4.47 Å². The first-order valence-corrected chi connectivity index (χ1v) is 4.52. The Balaban J connectivity index is 0.00000144. The van der Waals surface area contributed by atoms with Crippen LogP contribution >= 0.6 is 39.9 Å². The second-order valence-corrected chi connectivity index (χ2v) is 3.67. The highest BCUT2D eigenvalue weighted by Crippen LogP contribution is 2.27. The summed E-state index contributed by atoms with van der Waals surface area (Å²) in [5.41, 5.74) is 6.11. The highest BCUT2D eigenvalue weighted by molar-refractivity contribution is 9.10. The average molecular weight is 284 g/mol. The summed E-state index contributed by atoms with van der Waals surface area (Å²) in [6.07, 6.45) is 0. The summed E-state index contributed by atoms with van der Waals surface area (Å²) >= 11 is 9.17. The molecule has 1 aromatic carbocycles. The van der Waals surface area contributed by atoms with Gasteiger partial charge in [-0.15, -0.1) is 12.4 Å². The maximum atomic E-state index is 5.86. The normalized spacial score (nSPS) is 10.8. The minimum atomic E-state index is 0. The molecule has 1 rings (SSSR count). The number of nitrogens with two attached hydrogens (primary N) is 1. The third kappa shape index (κ3) is 3.98. The molecule has 0 aliphatic rings. The van der Waals surface area contributed by atoms with Crippen LogP contribution in [-0.4, -0.2) is 5.84 Å². The van der Waals surface area contributed by atoms with Gasteiger partial charge in [-0.25, -0.2) is 4.99 Å². The molecule has 0 saturated carbocycles. The van der Waals surface area contributed by atoms with Gasteiger partial charge in [0.1, 0.15) is 0 Å². The molecule has 0 radical (unpaired) electrons. The molecule has 0 heterocycles. The zero-order valence-electron chi connectivity index (χ0n) is 6.92. The van der Waals surface area contributed by atoms with E-state index >= 15 is 0 Å². The van der Waals surface area contributed by atoms with Crippen molar-refractivity contribution in [2.24, 2.45) is 10.7 Å². The number of rotatable bonds is 1. The second-order valence-electron chi connectivity index (χ2n) is 2.35. The Morgan fingerprint density at radius 3 is 2.69 bits per heavy atom. The summed E-state index contributed by atoms with van der Waals surface area (Å²) in [7, 11) is 0. The van der Waals surface area contributed by atoms with Crippen LogP contribution in [0.2, 0.25) is 5.02 Å². The van der Waals surface area contributed by atoms with Crippen LogP contribution in [0.5, 0.6) is 0 Å². The molecule has 72 valence electrons. The van der Waals surface area contributed by atoms with Gasteiger partial charge in [0.25, 0.3) is 0 Å². The van der Waals surface area contributed by atoms with Crippen LogP contribution in [0.4, 0.5) is 5.69 Å². The van der Waals surface area contributed by atoms with E-state index in [-0.39, 0.29) is 12.4 Å². The predicted molar refractivity (Wildman–Crippen MR) is 63.4 cm³/mol. The maximum absolute atomic E-state index is 5.86. The lowest BCUT2D eigenvalue weighted by Gasteiger charge is -1.98. The lowest BCUT2D eigenvalue weighted by atomic mass is 10.3. The molecule has 0 aliphatic heterocycles. The van der Waals surface area contributed by atoms with Crippen LogP contribution in [0.3, 0.4) is 0 Å². The molecular weight excluding hydrogens is 275 g/mol. The van der Waals surface area contributed by atoms with Gasteiger partial charge in [0.05, 0.1) is 16.5 Å². The molecule has 13 heavy (non-hydrogen) atoms. The van der Waals surface area contributed by atoms with Crippen molar-refractivity contribution < 1.29 is 0 Å². The van der Waals surface area contributed by atoms with Gasteiger partial charge in [-0.2, -0.15) is 0 Å². The van der Waals surface area contributed by atoms with Gasteiger partial charge in [-0.1, -0.05) is 27.5 Å². The Hall–Kier alpha value is -0.250. The minimum Gasteiger partial charge on any atom is -0.387 e. The summed E-state index contributed by atoms with van der Waals surface area (Å²) in [4.78, 5) is 4.05. The zero-order chi connectivity index (χ0) is 9.14. The van der Waals surface area contributed by atoms with E-state index in [9.17, 15) is 0 Å². The van der Waals surface area contributed by atoms with E-state index in [0.29, 0.717) is 16.5 Å². The second kappa shape index (κ2) is 5.47. The monoisotopic (exact) mass is 282 g/mol. The molecule has 0 aromatic heterocycles. The fraction of sp³-hybridized carbons (Fsp3) is 0.125. The van der Waals surface area contributed by atoms with Gasteiger partial charge < -0.3 is 5.73 Å². The molecule has 0 atom stereocenters. The Labute approximate surface area is 96.7 Å². The highest BCUT2D eigenvalue weighted by atomic mass is 79.9. The third-order valence-electron chi connectivity index (χ3n) is 1.20. The first-order valence-electron chi connectivity index (χ1n) is 3.35. The van der Waals surface area contributed by atoms with Crippen LogP contribution in [0, 0.1) is 0 Å². The Morgan fingerprint density at radius 1 is 1.54 bits per heavy atom. The van der Waals surface area contributed by atoms with Crippen molar-refractivity contribution in [1.29, 1.82) is 0 Å². The van der Waals surface area contributed by atoms with Gasteiger partial charge in [-0.3, -0.25) is 0 Å². The summed E-state index contributed by atoms with van der Waals surface area (Å²) < 4.78 is 0.937. The van der Waals surface area contributed by atoms with Gasteiger partial charge in [0, 0.05) is 4.47 Å². The lowest BCUT2D eigenvalue weighted by Crippen LogP contribution is -2.03. The molecule has 0 aliphatic carbocycles. The van der Waals surface area contributed by atoms with Crippen LogP contribution in [0.1, 0.15) is 6.92 Å². The summed E-state index contributed by atoms with van der Waals surface area (Å²) in [5.74, 6) is 0.495. The number of halogens is 3. The molecule has 1 aromatic rings. The van der Waals surface area contributed by atoms with E-state index < -0.39 is 0 Å². The molecule has 0 amide bonds. The SMILES string of the molecule is CC(N)=Nc1cc(Br)ccc1Cl.Cl. The minimum absolute atomic E-state index is 0. The first-order chi connectivity index (χ1) is 5.59. The van der Waals surface area contributed by atoms with E-state index in [4.69, 9.17) is 17.3 Å². The van der Waals surface area contributed by atoms with Crippen molar-refractivity contribution in [1.82, 2.24) is 0 Å². The van der Waals surface area contributed by atoms with Crippen LogP contribution in [-0.2, 0) is 0 Å². The van der Waals surface area contributed by atoms with E-state index in [2.05, 4.69) is 20.9 Å². The van der Waals surface area contributed by atoms with Crippen molar-refractivity contribution in [3.8, 4) is 0 Å². The molecule has 0 spiro atoms. The van der Waals surface area contributed by atoms with Crippen molar-refractivity contribution in [3.63, 3.8) is 0 Å². The van der Waals surface area contributed by atoms with E-state index in [1.807, 2.05) is 12.1 Å². The van der Waals surface area contributed by atoms with Gasteiger partial charge in [0.15, 0.2) is 0 Å². The maximum Gasteiger partial charge on any atom is 0.0965 e. The Kier molecular flexibility index (Phi) is 5.37. The fourth-order valence-corrected chi connectivity index (χ4v) is 1.27. The van der Waals surface area contributed by atoms with Crippen molar-refractivity contribution >= 4 is 51.5 Å². The Bertz CT molecular complexity index is 322. The van der Waals surface area contributed by atoms with E-state index in [1.165, 1.54) is 0 Å². The number of hydrogen-bond acceptors (Lipinski definition) is 1. The van der Waals surface area contributed by atoms with Crippen LogP contribution < -0.4 is 5.73 Å². The zero-order valence-corrected chi connectivity index (χ0v) is 10.1. The van der Waals surface area contributed by atoms with Crippen molar-refractivity contribution in [2.75, 3.05) is 0 Å². The number of aliphatic imine (C=N–C) groups is 1. The smallest absolute Gasteiger partial charge is 0.0965 e. The van der Waals surface area contributed by atoms with Crippen molar-refractivity contribution in [2.45, 2.75) is 6.92 Å². The number of amidine groups is 1. The number of nitrogens with zero attached hydrogens (tertiary/aromatic N) is 1. The molecule has 0 saturated heterocycles. The van der Waals surface area contributed by atoms with Gasteiger partial charge in [0.2, 0.25) is 0 Å². The number of benzene rings is 1. The molecule has 2 N–H and O–H groups in total.